The Morgan fingerprint density at radius 2 is 1.73 bits per heavy atom. The summed E-state index contributed by atoms with van der Waals surface area (Å²) in [6.07, 6.45) is 1.80. The van der Waals surface area contributed by atoms with Crippen LogP contribution in [0.3, 0.4) is 0 Å². The first kappa shape index (κ1) is 22.7. The highest BCUT2D eigenvalue weighted by Crippen LogP contribution is 2.34. The first-order valence-electron chi connectivity index (χ1n) is 10.7. The summed E-state index contributed by atoms with van der Waals surface area (Å²) in [4.78, 5) is 26.5. The van der Waals surface area contributed by atoms with Crippen LogP contribution in [0, 0.1) is 12.7 Å². The molecule has 0 saturated carbocycles. The fourth-order valence-electron chi connectivity index (χ4n) is 4.04. The summed E-state index contributed by atoms with van der Waals surface area (Å²) in [6, 6.07) is 9.63. The Balaban J connectivity index is 1.71. The molecule has 172 valence electrons. The minimum Gasteiger partial charge on any atom is -0.464 e. The lowest BCUT2D eigenvalue weighted by molar-refractivity contribution is -0.132. The zero-order chi connectivity index (χ0) is 23.5. The molecular weight excluding hydrogens is 429 g/mol. The fourth-order valence-corrected chi connectivity index (χ4v) is 4.04. The van der Waals surface area contributed by atoms with E-state index in [1.807, 2.05) is 13.0 Å². The van der Waals surface area contributed by atoms with Crippen molar-refractivity contribution in [3.8, 4) is 11.1 Å². The van der Waals surface area contributed by atoms with Crippen molar-refractivity contribution in [1.29, 1.82) is 0 Å². The first-order chi connectivity index (χ1) is 15.9. The van der Waals surface area contributed by atoms with Crippen LogP contribution >= 0.6 is 0 Å². The maximum atomic E-state index is 13.3. The van der Waals surface area contributed by atoms with Gasteiger partial charge in [0.25, 0.3) is 0 Å². The highest BCUT2D eigenvalue weighted by Gasteiger charge is 2.18. The molecule has 4 aromatic rings. The van der Waals surface area contributed by atoms with Crippen molar-refractivity contribution in [2.75, 3.05) is 26.3 Å². The number of furan rings is 1. The molecule has 2 aromatic carbocycles. The molecule has 0 radical (unpaired) electrons. The summed E-state index contributed by atoms with van der Waals surface area (Å²) < 4.78 is 24.5. The Bertz CT molecular complexity index is 1350. The molecule has 2 heterocycles. The van der Waals surface area contributed by atoms with Gasteiger partial charge in [-0.3, -0.25) is 4.79 Å². The lowest BCUT2D eigenvalue weighted by Crippen LogP contribution is -2.36. The molecule has 0 unspecified atom stereocenters. The first-order valence-corrected chi connectivity index (χ1v) is 10.7. The van der Waals surface area contributed by atoms with E-state index < -0.39 is 5.63 Å². The molecule has 4 rings (SSSR count). The van der Waals surface area contributed by atoms with Crippen molar-refractivity contribution >= 4 is 27.8 Å². The van der Waals surface area contributed by atoms with Crippen LogP contribution in [0.25, 0.3) is 33.1 Å². The van der Waals surface area contributed by atoms with Gasteiger partial charge in [0, 0.05) is 47.5 Å². The summed E-state index contributed by atoms with van der Waals surface area (Å²) >= 11 is 0. The molecule has 0 spiro atoms. The predicted molar refractivity (Wildman–Crippen MR) is 121 cm³/mol. The number of aliphatic hydroxyl groups excluding tert-OH is 2. The number of hydrogen-bond acceptors (Lipinski definition) is 6. The Labute approximate surface area is 188 Å². The van der Waals surface area contributed by atoms with Crippen molar-refractivity contribution in [3.05, 3.63) is 70.0 Å². The smallest absolute Gasteiger partial charge is 0.339 e. The molecule has 7 nitrogen and oxygen atoms in total. The molecule has 0 bridgehead atoms. The van der Waals surface area contributed by atoms with Gasteiger partial charge in [0.05, 0.1) is 19.5 Å². The van der Waals surface area contributed by atoms with Gasteiger partial charge in [-0.2, -0.15) is 0 Å². The van der Waals surface area contributed by atoms with E-state index in [1.165, 1.54) is 17.0 Å². The van der Waals surface area contributed by atoms with Crippen molar-refractivity contribution < 1.29 is 28.2 Å². The van der Waals surface area contributed by atoms with Gasteiger partial charge >= 0.3 is 5.63 Å². The highest BCUT2D eigenvalue weighted by atomic mass is 19.1. The summed E-state index contributed by atoms with van der Waals surface area (Å²) in [5, 5.41) is 19.8. The number of carbonyl (C=O) groups excluding carboxylic acids is 1. The molecule has 2 aromatic heterocycles. The second-order valence-electron chi connectivity index (χ2n) is 7.82. The zero-order valence-corrected chi connectivity index (χ0v) is 18.1. The monoisotopic (exact) mass is 453 g/mol. The van der Waals surface area contributed by atoms with Crippen LogP contribution in [0.15, 0.2) is 56.3 Å². The average molecular weight is 453 g/mol. The van der Waals surface area contributed by atoms with Crippen molar-refractivity contribution in [3.63, 3.8) is 0 Å². The molecule has 0 aliphatic rings. The van der Waals surface area contributed by atoms with Crippen LogP contribution in [0.1, 0.15) is 17.5 Å². The summed E-state index contributed by atoms with van der Waals surface area (Å²) in [5.74, 6) is -0.591. The van der Waals surface area contributed by atoms with Crippen LogP contribution in [-0.2, 0) is 11.2 Å². The molecule has 0 atom stereocenters. The number of fused-ring (bicyclic) bond motifs is 2. The molecule has 33 heavy (non-hydrogen) atoms. The van der Waals surface area contributed by atoms with Gasteiger partial charge in [0.15, 0.2) is 0 Å². The van der Waals surface area contributed by atoms with E-state index >= 15 is 0 Å². The molecule has 8 heteroatoms. The SMILES string of the molecule is Cc1c(CCC(=O)N(CCO)CCO)c(=O)oc2cc3occ(-c4ccc(F)cc4)c3cc12. The number of nitrogens with zero attached hydrogens (tertiary/aromatic N) is 1. The van der Waals surface area contributed by atoms with Gasteiger partial charge in [0.1, 0.15) is 17.0 Å². The van der Waals surface area contributed by atoms with Crippen LogP contribution in [0.4, 0.5) is 4.39 Å². The van der Waals surface area contributed by atoms with E-state index in [-0.39, 0.29) is 50.9 Å². The number of hydrogen-bond donors (Lipinski definition) is 2. The standard InChI is InChI=1S/C25H24FNO6/c1-15-18(6-7-24(30)27(8-10-28)9-11-29)25(31)33-23-13-22-20(12-19(15)23)21(14-32-22)16-2-4-17(26)5-3-16/h2-5,12-14,28-29H,6-11H2,1H3. The topological polar surface area (TPSA) is 104 Å². The molecule has 0 aliphatic heterocycles. The maximum absolute atomic E-state index is 13.3. The maximum Gasteiger partial charge on any atom is 0.339 e. The Morgan fingerprint density at radius 3 is 2.39 bits per heavy atom. The Kier molecular flexibility index (Phi) is 6.57. The third kappa shape index (κ3) is 4.53. The van der Waals surface area contributed by atoms with Gasteiger partial charge in [-0.1, -0.05) is 12.1 Å². The molecule has 1 amide bonds. The van der Waals surface area contributed by atoms with E-state index in [0.717, 1.165) is 21.9 Å². The van der Waals surface area contributed by atoms with Crippen LogP contribution in [0.2, 0.25) is 0 Å². The number of rotatable bonds is 8. The Hall–Kier alpha value is -3.49. The number of aliphatic hydroxyl groups is 2. The third-order valence-corrected chi connectivity index (χ3v) is 5.82. The van der Waals surface area contributed by atoms with Crippen molar-refractivity contribution in [2.45, 2.75) is 19.8 Å². The van der Waals surface area contributed by atoms with Crippen LogP contribution in [0.5, 0.6) is 0 Å². The predicted octanol–water partition coefficient (Wildman–Crippen LogP) is 3.40. The minimum absolute atomic E-state index is 0.0475. The Morgan fingerprint density at radius 1 is 1.03 bits per heavy atom. The largest absolute Gasteiger partial charge is 0.464 e. The lowest BCUT2D eigenvalue weighted by Gasteiger charge is -2.20. The molecule has 0 aliphatic carbocycles. The number of aryl methyl sites for hydroxylation is 1. The lowest BCUT2D eigenvalue weighted by atomic mass is 9.99. The molecule has 0 saturated heterocycles. The average Bonchev–Trinajstić information content (AvgIpc) is 3.21. The highest BCUT2D eigenvalue weighted by molar-refractivity contribution is 6.02. The van der Waals surface area contributed by atoms with Gasteiger partial charge < -0.3 is 23.9 Å². The van der Waals surface area contributed by atoms with E-state index in [2.05, 4.69) is 0 Å². The minimum atomic E-state index is -0.520. The van der Waals surface area contributed by atoms with Crippen LogP contribution in [-0.4, -0.2) is 47.3 Å². The van der Waals surface area contributed by atoms with E-state index in [4.69, 9.17) is 19.0 Å². The zero-order valence-electron chi connectivity index (χ0n) is 18.1. The summed E-state index contributed by atoms with van der Waals surface area (Å²) in [5.41, 5.74) is 3.08. The second kappa shape index (κ2) is 9.56. The van der Waals surface area contributed by atoms with Gasteiger partial charge in [-0.25, -0.2) is 9.18 Å². The second-order valence-corrected chi connectivity index (χ2v) is 7.82. The molecule has 2 N–H and O–H groups in total. The molecular formula is C25H24FNO6. The van der Waals surface area contributed by atoms with E-state index in [1.54, 1.807) is 24.5 Å². The van der Waals surface area contributed by atoms with Gasteiger partial charge in [-0.15, -0.1) is 0 Å². The van der Waals surface area contributed by atoms with E-state index in [9.17, 15) is 14.0 Å². The van der Waals surface area contributed by atoms with Gasteiger partial charge in [-0.05, 0) is 42.7 Å². The number of halogens is 1. The van der Waals surface area contributed by atoms with Crippen molar-refractivity contribution in [1.82, 2.24) is 4.90 Å². The molecule has 0 fully saturated rings. The summed E-state index contributed by atoms with van der Waals surface area (Å²) in [7, 11) is 0. The quantitative estimate of drug-likeness (QED) is 0.396. The number of amides is 1. The fraction of sp³-hybridized carbons (Fsp3) is 0.280. The number of carbonyl (C=O) groups is 1. The number of benzene rings is 2. The van der Waals surface area contributed by atoms with Gasteiger partial charge in [0.2, 0.25) is 5.91 Å². The van der Waals surface area contributed by atoms with E-state index in [0.29, 0.717) is 22.3 Å². The third-order valence-electron chi connectivity index (χ3n) is 5.82. The van der Waals surface area contributed by atoms with Crippen LogP contribution < -0.4 is 5.63 Å². The normalized spacial score (nSPS) is 11.4. The summed E-state index contributed by atoms with van der Waals surface area (Å²) in [6.45, 7) is 1.63. The van der Waals surface area contributed by atoms with Crippen molar-refractivity contribution in [2.24, 2.45) is 0 Å².